The van der Waals surface area contributed by atoms with E-state index in [1.807, 2.05) is 6.07 Å². The van der Waals surface area contributed by atoms with Gasteiger partial charge in [0.2, 0.25) is 0 Å². The molecule has 19 heavy (non-hydrogen) atoms. The van der Waals surface area contributed by atoms with E-state index in [0.717, 1.165) is 5.56 Å². The molecule has 6 heteroatoms. The van der Waals surface area contributed by atoms with E-state index in [-0.39, 0.29) is 5.88 Å². The summed E-state index contributed by atoms with van der Waals surface area (Å²) >= 11 is 18.3. The number of hydrogen-bond acceptors (Lipinski definition) is 3. The monoisotopic (exact) mass is 322 g/mol. The molecule has 3 rings (SSSR count). The maximum Gasteiger partial charge on any atom is 0.284 e. The van der Waals surface area contributed by atoms with Gasteiger partial charge in [-0.1, -0.05) is 29.3 Å². The number of halogens is 3. The predicted molar refractivity (Wildman–Crippen MR) is 73.8 cm³/mol. The standard InChI is InChI=1S/C13H13Cl3O3/c14-8-12(10-2-1-9(15)7-11(10)16)3-4-13(19-12)17-5-6-18-13/h1-2,7H,3-6,8H2. The molecule has 1 aromatic carbocycles. The Bertz CT molecular complexity index is 488. The van der Waals surface area contributed by atoms with Gasteiger partial charge >= 0.3 is 0 Å². The molecule has 0 saturated carbocycles. The van der Waals surface area contributed by atoms with Crippen LogP contribution in [0.1, 0.15) is 18.4 Å². The van der Waals surface area contributed by atoms with Gasteiger partial charge in [-0.3, -0.25) is 0 Å². The summed E-state index contributed by atoms with van der Waals surface area (Å²) in [6, 6.07) is 5.32. The van der Waals surface area contributed by atoms with Gasteiger partial charge in [0.25, 0.3) is 5.97 Å². The van der Waals surface area contributed by atoms with Gasteiger partial charge in [0, 0.05) is 22.0 Å². The van der Waals surface area contributed by atoms with Gasteiger partial charge in [-0.2, -0.15) is 0 Å². The molecule has 0 N–H and O–H groups in total. The summed E-state index contributed by atoms with van der Waals surface area (Å²) in [6.45, 7) is 1.07. The smallest absolute Gasteiger partial charge is 0.284 e. The highest BCUT2D eigenvalue weighted by atomic mass is 35.5. The van der Waals surface area contributed by atoms with Gasteiger partial charge in [0.05, 0.1) is 19.1 Å². The van der Waals surface area contributed by atoms with Crippen molar-refractivity contribution in [3.8, 4) is 0 Å². The second-order valence-electron chi connectivity index (χ2n) is 4.73. The summed E-state index contributed by atoms with van der Waals surface area (Å²) in [5.41, 5.74) is 0.137. The van der Waals surface area contributed by atoms with Crippen LogP contribution in [-0.4, -0.2) is 25.1 Å². The Morgan fingerprint density at radius 1 is 1.11 bits per heavy atom. The van der Waals surface area contributed by atoms with Crippen molar-refractivity contribution >= 4 is 34.8 Å². The molecule has 0 bridgehead atoms. The van der Waals surface area contributed by atoms with Crippen LogP contribution in [0.25, 0.3) is 0 Å². The third kappa shape index (κ3) is 2.37. The molecule has 0 amide bonds. The van der Waals surface area contributed by atoms with Crippen molar-refractivity contribution in [3.63, 3.8) is 0 Å². The third-order valence-corrected chi connectivity index (χ3v) is 4.53. The highest BCUT2D eigenvalue weighted by molar-refractivity contribution is 6.35. The number of benzene rings is 1. The lowest BCUT2D eigenvalue weighted by Crippen LogP contribution is -2.36. The molecule has 1 spiro atoms. The number of alkyl halides is 1. The van der Waals surface area contributed by atoms with Crippen LogP contribution in [0.3, 0.4) is 0 Å². The van der Waals surface area contributed by atoms with Crippen LogP contribution in [0.4, 0.5) is 0 Å². The van der Waals surface area contributed by atoms with Crippen molar-refractivity contribution in [2.45, 2.75) is 24.4 Å². The SMILES string of the molecule is ClCC1(c2ccc(Cl)cc2Cl)CCC2(OCCO2)O1. The molecule has 3 nitrogen and oxygen atoms in total. The first-order chi connectivity index (χ1) is 9.09. The van der Waals surface area contributed by atoms with Crippen LogP contribution in [0.5, 0.6) is 0 Å². The molecule has 0 aliphatic carbocycles. The van der Waals surface area contributed by atoms with Crippen LogP contribution < -0.4 is 0 Å². The lowest BCUT2D eigenvalue weighted by atomic mass is 9.92. The maximum absolute atomic E-state index is 6.27. The summed E-state index contributed by atoms with van der Waals surface area (Å²) in [4.78, 5) is 0. The minimum Gasteiger partial charge on any atom is -0.325 e. The number of hydrogen-bond donors (Lipinski definition) is 0. The quantitative estimate of drug-likeness (QED) is 0.772. The second kappa shape index (κ2) is 5.06. The summed E-state index contributed by atoms with van der Waals surface area (Å²) in [7, 11) is 0. The summed E-state index contributed by atoms with van der Waals surface area (Å²) in [5.74, 6) is -0.680. The molecule has 0 aromatic heterocycles. The van der Waals surface area contributed by atoms with Crippen LogP contribution in [0.15, 0.2) is 18.2 Å². The van der Waals surface area contributed by atoms with Crippen LogP contribution in [-0.2, 0) is 19.8 Å². The van der Waals surface area contributed by atoms with Gasteiger partial charge in [-0.15, -0.1) is 11.6 Å². The molecule has 1 unspecified atom stereocenters. The molecule has 2 saturated heterocycles. The summed E-state index contributed by atoms with van der Waals surface area (Å²) in [6.07, 6.45) is 1.33. The molecule has 1 aromatic rings. The Labute approximate surface area is 126 Å². The fraction of sp³-hybridized carbons (Fsp3) is 0.538. The predicted octanol–water partition coefficient (Wildman–Crippen LogP) is 3.94. The van der Waals surface area contributed by atoms with Crippen molar-refractivity contribution in [1.82, 2.24) is 0 Å². The van der Waals surface area contributed by atoms with E-state index in [2.05, 4.69) is 0 Å². The van der Waals surface area contributed by atoms with Crippen molar-refractivity contribution in [1.29, 1.82) is 0 Å². The molecule has 1 atom stereocenters. The molecule has 2 aliphatic heterocycles. The minimum absolute atomic E-state index is 0.281. The molecule has 104 valence electrons. The van der Waals surface area contributed by atoms with Crippen LogP contribution in [0.2, 0.25) is 10.0 Å². The van der Waals surface area contributed by atoms with Crippen molar-refractivity contribution in [2.24, 2.45) is 0 Å². The average Bonchev–Trinajstić information content (AvgIpc) is 2.99. The lowest BCUT2D eigenvalue weighted by Gasteiger charge is -2.31. The Hall–Kier alpha value is -0.0300. The normalized spacial score (nSPS) is 29.2. The zero-order valence-electron chi connectivity index (χ0n) is 10.1. The van der Waals surface area contributed by atoms with E-state index in [0.29, 0.717) is 36.1 Å². The minimum atomic E-state index is -0.960. The first-order valence-corrected chi connectivity index (χ1v) is 7.38. The van der Waals surface area contributed by atoms with Crippen molar-refractivity contribution in [3.05, 3.63) is 33.8 Å². The zero-order valence-corrected chi connectivity index (χ0v) is 12.4. The molecule has 2 aliphatic rings. The molecular formula is C13H13Cl3O3. The number of ether oxygens (including phenoxy) is 3. The van der Waals surface area contributed by atoms with E-state index >= 15 is 0 Å². The largest absolute Gasteiger partial charge is 0.325 e. The Balaban J connectivity index is 1.96. The maximum atomic E-state index is 6.27. The molecule has 2 fully saturated rings. The lowest BCUT2D eigenvalue weighted by molar-refractivity contribution is -0.336. The number of rotatable bonds is 2. The van der Waals surface area contributed by atoms with Gasteiger partial charge in [-0.25, -0.2) is 0 Å². The van der Waals surface area contributed by atoms with E-state index < -0.39 is 11.6 Å². The van der Waals surface area contributed by atoms with Crippen molar-refractivity contribution < 1.29 is 14.2 Å². The first-order valence-electron chi connectivity index (χ1n) is 6.09. The Morgan fingerprint density at radius 2 is 1.84 bits per heavy atom. The zero-order chi connectivity index (χ0) is 13.5. The second-order valence-corrected chi connectivity index (χ2v) is 5.84. The van der Waals surface area contributed by atoms with Gasteiger partial charge in [0.15, 0.2) is 0 Å². The highest BCUT2D eigenvalue weighted by Crippen LogP contribution is 2.49. The Kier molecular flexibility index (Phi) is 3.71. The van der Waals surface area contributed by atoms with Gasteiger partial charge < -0.3 is 14.2 Å². The van der Waals surface area contributed by atoms with Gasteiger partial charge in [0.1, 0.15) is 5.60 Å². The molecule has 0 radical (unpaired) electrons. The third-order valence-electron chi connectivity index (χ3n) is 3.55. The fourth-order valence-corrected chi connectivity index (χ4v) is 3.52. The van der Waals surface area contributed by atoms with Crippen molar-refractivity contribution in [2.75, 3.05) is 19.1 Å². The van der Waals surface area contributed by atoms with E-state index in [1.165, 1.54) is 0 Å². The fourth-order valence-electron chi connectivity index (χ4n) is 2.61. The van der Waals surface area contributed by atoms with Crippen LogP contribution >= 0.6 is 34.8 Å². The molecular weight excluding hydrogens is 310 g/mol. The first kappa shape index (κ1) is 13.9. The highest BCUT2D eigenvalue weighted by Gasteiger charge is 2.54. The Morgan fingerprint density at radius 3 is 2.47 bits per heavy atom. The molecule has 2 heterocycles. The van der Waals surface area contributed by atoms with Gasteiger partial charge in [-0.05, 0) is 18.6 Å². The van der Waals surface area contributed by atoms with E-state index in [4.69, 9.17) is 49.0 Å². The summed E-state index contributed by atoms with van der Waals surface area (Å²) < 4.78 is 17.2. The van der Waals surface area contributed by atoms with Crippen LogP contribution in [0, 0.1) is 0 Å². The van der Waals surface area contributed by atoms with E-state index in [9.17, 15) is 0 Å². The topological polar surface area (TPSA) is 27.7 Å². The summed E-state index contributed by atoms with van der Waals surface area (Å²) in [5, 5.41) is 1.13. The van der Waals surface area contributed by atoms with E-state index in [1.54, 1.807) is 12.1 Å². The average molecular weight is 324 g/mol.